The van der Waals surface area contributed by atoms with E-state index < -0.39 is 11.8 Å². The molecule has 6 rings (SSSR count). The van der Waals surface area contributed by atoms with Gasteiger partial charge in [0.05, 0.1) is 30.5 Å². The van der Waals surface area contributed by atoms with E-state index in [0.717, 1.165) is 77.9 Å². The predicted molar refractivity (Wildman–Crippen MR) is 184 cm³/mol. The van der Waals surface area contributed by atoms with Crippen LogP contribution in [0.25, 0.3) is 11.3 Å². The number of rotatable bonds is 8. The number of ether oxygens (including phenoxy) is 1. The molecule has 1 aliphatic carbocycles. The van der Waals surface area contributed by atoms with Gasteiger partial charge in [-0.05, 0) is 62.1 Å². The number of hydrogen-bond donors (Lipinski definition) is 2. The second-order valence-corrected chi connectivity index (χ2v) is 13.6. The molecule has 248 valence electrons. The molecular weight excluding hydrogens is 635 g/mol. The van der Waals surface area contributed by atoms with Crippen LogP contribution >= 0.6 is 23.2 Å². The Kier molecular flexibility index (Phi) is 10.9. The van der Waals surface area contributed by atoms with Crippen molar-refractivity contribution in [1.29, 1.82) is 0 Å². The van der Waals surface area contributed by atoms with Crippen molar-refractivity contribution in [2.45, 2.75) is 77.2 Å². The van der Waals surface area contributed by atoms with Crippen LogP contribution in [-0.2, 0) is 40.4 Å². The summed E-state index contributed by atoms with van der Waals surface area (Å²) in [5, 5.41) is 9.97. The summed E-state index contributed by atoms with van der Waals surface area (Å²) >= 11 is 13.2. The Bertz CT molecular complexity index is 1690. The highest BCUT2D eigenvalue weighted by atomic mass is 35.5. The van der Waals surface area contributed by atoms with Crippen molar-refractivity contribution in [2.24, 2.45) is 5.73 Å². The van der Waals surface area contributed by atoms with Crippen LogP contribution in [0.5, 0.6) is 0 Å². The van der Waals surface area contributed by atoms with E-state index in [-0.39, 0.29) is 6.54 Å². The summed E-state index contributed by atoms with van der Waals surface area (Å²) in [5.74, 6) is 4.91. The molecule has 3 aliphatic rings. The van der Waals surface area contributed by atoms with Crippen LogP contribution in [-0.4, -0.2) is 76.3 Å². The maximum atomic E-state index is 12.6. The molecule has 2 fully saturated rings. The molecule has 1 unspecified atom stereocenters. The monoisotopic (exact) mass is 676 g/mol. The van der Waals surface area contributed by atoms with Gasteiger partial charge in [0.1, 0.15) is 0 Å². The summed E-state index contributed by atoms with van der Waals surface area (Å²) in [5.41, 5.74) is 11.5. The Labute approximate surface area is 286 Å². The van der Waals surface area contributed by atoms with Crippen LogP contribution in [0.4, 0.5) is 0 Å². The Hall–Kier alpha value is -3.39. The quantitative estimate of drug-likeness (QED) is 0.263. The molecule has 1 saturated carbocycles. The third-order valence-corrected chi connectivity index (χ3v) is 10.2. The van der Waals surface area contributed by atoms with E-state index in [1.165, 1.54) is 30.6 Å². The second kappa shape index (κ2) is 15.2. The lowest BCUT2D eigenvalue weighted by atomic mass is 9.99. The molecule has 2 aliphatic heterocycles. The number of aryl methyl sites for hydroxylation is 1. The van der Waals surface area contributed by atoms with Crippen molar-refractivity contribution in [3.8, 4) is 23.1 Å². The fourth-order valence-corrected chi connectivity index (χ4v) is 7.18. The number of carbonyl (C=O) groups is 2. The van der Waals surface area contributed by atoms with E-state index in [4.69, 9.17) is 38.8 Å². The molecule has 47 heavy (non-hydrogen) atoms. The molecule has 1 aromatic heterocycles. The molecule has 0 bridgehead atoms. The Balaban J connectivity index is 1.25. The number of amides is 2. The van der Waals surface area contributed by atoms with Gasteiger partial charge in [0, 0.05) is 84.2 Å². The van der Waals surface area contributed by atoms with Crippen molar-refractivity contribution in [1.82, 2.24) is 24.9 Å². The van der Waals surface area contributed by atoms with Gasteiger partial charge in [-0.3, -0.25) is 19.2 Å². The van der Waals surface area contributed by atoms with E-state index in [9.17, 15) is 9.59 Å². The topological polar surface area (TPSA) is 106 Å². The normalized spacial score (nSPS) is 18.5. The van der Waals surface area contributed by atoms with Gasteiger partial charge < -0.3 is 20.7 Å². The standard InChI is InChI=1S/C36H42Cl2N6O3/c1-24-23-47-18-17-42(24)14-4-15-44-33-13-16-43(36(46)35(39)45)22-30(33)34(41-44)27-10-12-31(37)26(20-27)9-7-25-8-11-32(38)28(19-25)21-40-29-5-2-3-6-29/h8,10-12,19-20,24,29,40H,2-6,13-18,21-23H2,1H3,(H2,39,45). The van der Waals surface area contributed by atoms with Crippen molar-refractivity contribution in [2.75, 3.05) is 32.8 Å². The molecule has 3 N–H and O–H groups in total. The molecule has 0 spiro atoms. The molecule has 0 radical (unpaired) electrons. The zero-order valence-corrected chi connectivity index (χ0v) is 28.4. The van der Waals surface area contributed by atoms with Crippen LogP contribution in [0.15, 0.2) is 36.4 Å². The smallest absolute Gasteiger partial charge is 0.311 e. The highest BCUT2D eigenvalue weighted by molar-refractivity contribution is 6.34. The van der Waals surface area contributed by atoms with Gasteiger partial charge in [0.2, 0.25) is 0 Å². The molecule has 9 nitrogen and oxygen atoms in total. The van der Waals surface area contributed by atoms with Gasteiger partial charge in [-0.2, -0.15) is 5.10 Å². The first-order chi connectivity index (χ1) is 22.8. The number of hydrogen-bond acceptors (Lipinski definition) is 6. The predicted octanol–water partition coefficient (Wildman–Crippen LogP) is 4.77. The minimum atomic E-state index is -0.953. The zero-order chi connectivity index (χ0) is 32.9. The minimum absolute atomic E-state index is 0.263. The second-order valence-electron chi connectivity index (χ2n) is 12.8. The average molecular weight is 678 g/mol. The molecule has 3 aromatic rings. The van der Waals surface area contributed by atoms with Crippen molar-refractivity contribution in [3.63, 3.8) is 0 Å². The van der Waals surface area contributed by atoms with E-state index in [0.29, 0.717) is 42.2 Å². The van der Waals surface area contributed by atoms with Crippen LogP contribution < -0.4 is 11.1 Å². The molecule has 2 amide bonds. The number of halogens is 2. The summed E-state index contributed by atoms with van der Waals surface area (Å²) in [7, 11) is 0. The minimum Gasteiger partial charge on any atom is -0.379 e. The number of morpholine rings is 1. The first-order valence-corrected chi connectivity index (χ1v) is 17.3. The molecule has 3 heterocycles. The number of fused-ring (bicyclic) bond motifs is 1. The third kappa shape index (κ3) is 8.02. The van der Waals surface area contributed by atoms with Crippen LogP contribution in [0.2, 0.25) is 10.0 Å². The number of nitrogens with one attached hydrogen (secondary N) is 1. The fourth-order valence-electron chi connectivity index (χ4n) is 6.83. The first-order valence-electron chi connectivity index (χ1n) is 16.6. The lowest BCUT2D eigenvalue weighted by molar-refractivity contribution is -0.144. The van der Waals surface area contributed by atoms with Gasteiger partial charge in [0.25, 0.3) is 0 Å². The summed E-state index contributed by atoms with van der Waals surface area (Å²) in [6.07, 6.45) is 6.49. The van der Waals surface area contributed by atoms with Crippen LogP contribution in [0.3, 0.4) is 0 Å². The summed E-state index contributed by atoms with van der Waals surface area (Å²) in [4.78, 5) is 28.3. The lowest BCUT2D eigenvalue weighted by Gasteiger charge is -2.33. The van der Waals surface area contributed by atoms with Crippen LogP contribution in [0, 0.1) is 11.8 Å². The Morgan fingerprint density at radius 1 is 1.06 bits per heavy atom. The number of primary amides is 1. The average Bonchev–Trinajstić information content (AvgIpc) is 3.73. The number of benzene rings is 2. The SMILES string of the molecule is CC1COCCN1CCCn1nc(-c2ccc(Cl)c(C#Cc3ccc(Cl)c(CNC4CCCC4)c3)c2)c2c1CCN(C(=O)C(N)=O)C2. The van der Waals surface area contributed by atoms with Crippen molar-refractivity contribution >= 4 is 35.0 Å². The molecular formula is C36H42Cl2N6O3. The van der Waals surface area contributed by atoms with E-state index in [1.54, 1.807) is 0 Å². The summed E-state index contributed by atoms with van der Waals surface area (Å²) < 4.78 is 7.66. The maximum absolute atomic E-state index is 12.6. The van der Waals surface area contributed by atoms with E-state index >= 15 is 0 Å². The number of carbonyl (C=O) groups excluding carboxylic acids is 2. The maximum Gasteiger partial charge on any atom is 0.311 e. The Morgan fingerprint density at radius 2 is 1.87 bits per heavy atom. The molecule has 11 heteroatoms. The summed E-state index contributed by atoms with van der Waals surface area (Å²) in [6, 6.07) is 12.5. The molecule has 1 atom stereocenters. The Morgan fingerprint density at radius 3 is 2.66 bits per heavy atom. The summed E-state index contributed by atoms with van der Waals surface area (Å²) in [6.45, 7) is 7.71. The van der Waals surface area contributed by atoms with E-state index in [1.807, 2.05) is 36.4 Å². The first kappa shape index (κ1) is 33.5. The van der Waals surface area contributed by atoms with Crippen molar-refractivity contribution < 1.29 is 14.3 Å². The van der Waals surface area contributed by atoms with Gasteiger partial charge in [-0.25, -0.2) is 0 Å². The lowest BCUT2D eigenvalue weighted by Crippen LogP contribution is -2.44. The molecule has 1 saturated heterocycles. The van der Waals surface area contributed by atoms with Gasteiger partial charge in [0.15, 0.2) is 0 Å². The van der Waals surface area contributed by atoms with Crippen LogP contribution in [0.1, 0.15) is 67.0 Å². The van der Waals surface area contributed by atoms with Crippen molar-refractivity contribution in [3.05, 3.63) is 74.4 Å². The number of aromatic nitrogens is 2. The fraction of sp³-hybridized carbons (Fsp3) is 0.472. The van der Waals surface area contributed by atoms with Gasteiger partial charge >= 0.3 is 11.8 Å². The largest absolute Gasteiger partial charge is 0.379 e. The zero-order valence-electron chi connectivity index (χ0n) is 26.9. The highest BCUT2D eigenvalue weighted by Crippen LogP contribution is 2.32. The molecule has 2 aromatic carbocycles. The number of nitrogens with zero attached hydrogens (tertiary/aromatic N) is 4. The third-order valence-electron chi connectivity index (χ3n) is 9.52. The van der Waals surface area contributed by atoms with E-state index in [2.05, 4.69) is 33.7 Å². The number of nitrogens with two attached hydrogens (primary N) is 1. The van der Waals surface area contributed by atoms with Gasteiger partial charge in [-0.15, -0.1) is 0 Å². The van der Waals surface area contributed by atoms with Gasteiger partial charge in [-0.1, -0.05) is 54.0 Å². The highest BCUT2D eigenvalue weighted by Gasteiger charge is 2.30.